The Morgan fingerprint density at radius 3 is 2.77 bits per heavy atom. The Labute approximate surface area is 78.3 Å². The average Bonchev–Trinajstić information content (AvgIpc) is 2.29. The maximum atomic E-state index is 11.6. The van der Waals surface area contributed by atoms with Gasteiger partial charge in [0.25, 0.3) is 0 Å². The molecule has 5 heteroatoms. The first kappa shape index (κ1) is 8.87. The molecule has 0 saturated carbocycles. The molecule has 2 aliphatic rings. The smallest absolute Gasteiger partial charge is 0.196 e. The second-order valence-electron chi connectivity index (χ2n) is 3.44. The summed E-state index contributed by atoms with van der Waals surface area (Å²) in [6.45, 7) is 1.34. The van der Waals surface area contributed by atoms with Crippen molar-refractivity contribution in [3.63, 3.8) is 0 Å². The number of sulfone groups is 1. The van der Waals surface area contributed by atoms with Crippen LogP contribution >= 0.6 is 0 Å². The van der Waals surface area contributed by atoms with Crippen molar-refractivity contribution in [2.45, 2.75) is 19.3 Å². The highest BCUT2D eigenvalue weighted by Crippen LogP contribution is 2.20. The summed E-state index contributed by atoms with van der Waals surface area (Å²) in [4.78, 5) is 0. The van der Waals surface area contributed by atoms with E-state index in [1.54, 1.807) is 0 Å². The van der Waals surface area contributed by atoms with Crippen LogP contribution in [0.5, 0.6) is 0 Å². The molecule has 0 bridgehead atoms. The number of hydrogen-bond donors (Lipinski definition) is 2. The molecule has 13 heavy (non-hydrogen) atoms. The SMILES string of the molecule is O=S1(=O)CCNC2=C1NCCCC2. The predicted molar refractivity (Wildman–Crippen MR) is 50.7 cm³/mol. The molecule has 2 N–H and O–H groups in total. The average molecular weight is 202 g/mol. The third-order valence-corrected chi connectivity index (χ3v) is 4.19. The van der Waals surface area contributed by atoms with Crippen LogP contribution in [-0.2, 0) is 9.84 Å². The molecular formula is C8H14N2O2S. The Morgan fingerprint density at radius 1 is 1.08 bits per heavy atom. The van der Waals surface area contributed by atoms with Crippen molar-refractivity contribution in [1.82, 2.24) is 10.6 Å². The molecular weight excluding hydrogens is 188 g/mol. The normalized spacial score (nSPS) is 26.8. The van der Waals surface area contributed by atoms with Gasteiger partial charge in [0.05, 0.1) is 5.75 Å². The first-order valence-electron chi connectivity index (χ1n) is 4.64. The van der Waals surface area contributed by atoms with Gasteiger partial charge in [-0.15, -0.1) is 0 Å². The Hall–Kier alpha value is -0.710. The van der Waals surface area contributed by atoms with E-state index in [-0.39, 0.29) is 5.75 Å². The Bertz CT molecular complexity index is 332. The van der Waals surface area contributed by atoms with Crippen LogP contribution in [0.3, 0.4) is 0 Å². The van der Waals surface area contributed by atoms with Gasteiger partial charge in [-0.05, 0) is 19.3 Å². The molecule has 0 aromatic rings. The van der Waals surface area contributed by atoms with E-state index in [4.69, 9.17) is 0 Å². The van der Waals surface area contributed by atoms with Crippen LogP contribution in [0.4, 0.5) is 0 Å². The summed E-state index contributed by atoms with van der Waals surface area (Å²) in [6.07, 6.45) is 2.97. The minimum absolute atomic E-state index is 0.221. The zero-order chi connectivity index (χ0) is 9.31. The highest BCUT2D eigenvalue weighted by Gasteiger charge is 2.27. The molecule has 2 aliphatic heterocycles. The maximum Gasteiger partial charge on any atom is 0.196 e. The molecule has 2 heterocycles. The topological polar surface area (TPSA) is 58.2 Å². The van der Waals surface area contributed by atoms with Crippen molar-refractivity contribution in [1.29, 1.82) is 0 Å². The van der Waals surface area contributed by atoms with Gasteiger partial charge in [-0.2, -0.15) is 0 Å². The summed E-state index contributed by atoms with van der Waals surface area (Å²) >= 11 is 0. The Balaban J connectivity index is 2.38. The third kappa shape index (κ3) is 1.65. The van der Waals surface area contributed by atoms with Gasteiger partial charge in [0.1, 0.15) is 5.03 Å². The first-order valence-corrected chi connectivity index (χ1v) is 6.29. The maximum absolute atomic E-state index is 11.6. The lowest BCUT2D eigenvalue weighted by molar-refractivity contribution is 0.587. The molecule has 0 spiro atoms. The van der Waals surface area contributed by atoms with E-state index < -0.39 is 9.84 Å². The van der Waals surface area contributed by atoms with Gasteiger partial charge in [-0.1, -0.05) is 0 Å². The van der Waals surface area contributed by atoms with E-state index >= 15 is 0 Å². The van der Waals surface area contributed by atoms with E-state index in [0.29, 0.717) is 11.6 Å². The van der Waals surface area contributed by atoms with Crippen molar-refractivity contribution < 1.29 is 8.42 Å². The lowest BCUT2D eigenvalue weighted by Gasteiger charge is -2.20. The van der Waals surface area contributed by atoms with Crippen molar-refractivity contribution in [2.75, 3.05) is 18.8 Å². The van der Waals surface area contributed by atoms with E-state index in [9.17, 15) is 8.42 Å². The summed E-state index contributed by atoms with van der Waals surface area (Å²) in [6, 6.07) is 0. The van der Waals surface area contributed by atoms with Gasteiger partial charge >= 0.3 is 0 Å². The molecule has 0 aromatic heterocycles. The van der Waals surface area contributed by atoms with Gasteiger partial charge in [0.15, 0.2) is 9.84 Å². The second-order valence-corrected chi connectivity index (χ2v) is 5.48. The number of hydrogen-bond acceptors (Lipinski definition) is 4. The molecule has 0 aliphatic carbocycles. The van der Waals surface area contributed by atoms with Crippen LogP contribution in [-0.4, -0.2) is 27.3 Å². The van der Waals surface area contributed by atoms with Crippen LogP contribution < -0.4 is 10.6 Å². The molecule has 0 fully saturated rings. The summed E-state index contributed by atoms with van der Waals surface area (Å²) in [7, 11) is -3.00. The lowest BCUT2D eigenvalue weighted by Crippen LogP contribution is -2.36. The van der Waals surface area contributed by atoms with Crippen molar-refractivity contribution >= 4 is 9.84 Å². The van der Waals surface area contributed by atoms with Gasteiger partial charge in [0.2, 0.25) is 0 Å². The Kier molecular flexibility index (Phi) is 2.19. The monoisotopic (exact) mass is 202 g/mol. The predicted octanol–water partition coefficient (Wildman–Crippen LogP) is -0.0530. The van der Waals surface area contributed by atoms with E-state index in [0.717, 1.165) is 31.5 Å². The Morgan fingerprint density at radius 2 is 1.92 bits per heavy atom. The van der Waals surface area contributed by atoms with Gasteiger partial charge in [-0.25, -0.2) is 8.42 Å². The van der Waals surface area contributed by atoms with Gasteiger partial charge in [0, 0.05) is 18.8 Å². The fourth-order valence-corrected chi connectivity index (χ4v) is 3.20. The molecule has 0 unspecified atom stereocenters. The highest BCUT2D eigenvalue weighted by atomic mass is 32.2. The zero-order valence-electron chi connectivity index (χ0n) is 7.47. The van der Waals surface area contributed by atoms with Crippen LogP contribution in [0.1, 0.15) is 19.3 Å². The molecule has 0 atom stereocenters. The summed E-state index contributed by atoms with van der Waals surface area (Å²) in [5, 5.41) is 6.61. The van der Waals surface area contributed by atoms with Crippen molar-refractivity contribution in [3.8, 4) is 0 Å². The van der Waals surface area contributed by atoms with Crippen LogP contribution in [0.15, 0.2) is 10.7 Å². The molecule has 0 amide bonds. The van der Waals surface area contributed by atoms with Crippen LogP contribution in [0, 0.1) is 0 Å². The van der Waals surface area contributed by atoms with Gasteiger partial charge < -0.3 is 10.6 Å². The summed E-state index contributed by atoms with van der Waals surface area (Å²) < 4.78 is 23.2. The zero-order valence-corrected chi connectivity index (χ0v) is 8.28. The van der Waals surface area contributed by atoms with Gasteiger partial charge in [-0.3, -0.25) is 0 Å². The van der Waals surface area contributed by atoms with E-state index in [1.165, 1.54) is 0 Å². The first-order chi connectivity index (χ1) is 6.20. The summed E-state index contributed by atoms with van der Waals surface area (Å²) in [5.41, 5.74) is 0.892. The fourth-order valence-electron chi connectivity index (χ4n) is 1.75. The molecule has 4 nitrogen and oxygen atoms in total. The van der Waals surface area contributed by atoms with E-state index in [2.05, 4.69) is 10.6 Å². The summed E-state index contributed by atoms with van der Waals surface area (Å²) in [5.74, 6) is 0.221. The number of allylic oxidation sites excluding steroid dienone is 1. The molecule has 2 rings (SSSR count). The standard InChI is InChI=1S/C8H14N2O2S/c11-13(12)6-5-9-7-3-1-2-4-10-8(7)13/h9-10H,1-6H2. The number of rotatable bonds is 0. The van der Waals surface area contributed by atoms with E-state index in [1.807, 2.05) is 0 Å². The lowest BCUT2D eigenvalue weighted by atomic mass is 10.2. The fraction of sp³-hybridized carbons (Fsp3) is 0.750. The molecule has 74 valence electrons. The van der Waals surface area contributed by atoms with Crippen molar-refractivity contribution in [2.24, 2.45) is 0 Å². The largest absolute Gasteiger partial charge is 0.385 e. The molecule has 0 radical (unpaired) electrons. The number of nitrogens with one attached hydrogen (secondary N) is 2. The molecule has 0 saturated heterocycles. The third-order valence-electron chi connectivity index (χ3n) is 2.43. The van der Waals surface area contributed by atoms with Crippen molar-refractivity contribution in [3.05, 3.63) is 10.7 Å². The highest BCUT2D eigenvalue weighted by molar-refractivity contribution is 7.95. The minimum Gasteiger partial charge on any atom is -0.385 e. The van der Waals surface area contributed by atoms with Crippen LogP contribution in [0.2, 0.25) is 0 Å². The van der Waals surface area contributed by atoms with Crippen LogP contribution in [0.25, 0.3) is 0 Å². The quantitative estimate of drug-likeness (QED) is 0.578. The molecule has 0 aromatic carbocycles. The second kappa shape index (κ2) is 3.21. The minimum atomic E-state index is -3.00.